The van der Waals surface area contributed by atoms with Gasteiger partial charge in [-0.1, -0.05) is 60.8 Å². The van der Waals surface area contributed by atoms with Crippen molar-refractivity contribution in [1.82, 2.24) is 25.5 Å². The van der Waals surface area contributed by atoms with Gasteiger partial charge in [-0.2, -0.15) is 0 Å². The number of fused-ring (bicyclic) bond motifs is 1. The second-order valence-corrected chi connectivity index (χ2v) is 20.8. The molecule has 14 heteroatoms. The van der Waals surface area contributed by atoms with Crippen molar-refractivity contribution in [2.45, 2.75) is 87.7 Å². The van der Waals surface area contributed by atoms with Gasteiger partial charge in [-0.05, 0) is 87.1 Å². The SMILES string of the molecule is COc1cc(N2CCC(NCCCCCCSc3cccc4c3CN(C3CCC(=O)NC3=O)C4=O)CC2)ccc1Cc1ncc(Cl)c(Cc2ccccc2P(C)(C)=O)n1. The normalized spacial score (nSPS) is 17.4. The van der Waals surface area contributed by atoms with E-state index in [0.717, 1.165) is 102 Å². The van der Waals surface area contributed by atoms with Crippen LogP contribution in [0.25, 0.3) is 0 Å². The van der Waals surface area contributed by atoms with Gasteiger partial charge >= 0.3 is 0 Å². The lowest BCUT2D eigenvalue weighted by Gasteiger charge is -2.34. The molecule has 312 valence electrons. The van der Waals surface area contributed by atoms with E-state index in [1.165, 1.54) is 6.42 Å². The predicted molar refractivity (Wildman–Crippen MR) is 236 cm³/mol. The highest BCUT2D eigenvalue weighted by Crippen LogP contribution is 2.37. The van der Waals surface area contributed by atoms with E-state index < -0.39 is 13.2 Å². The van der Waals surface area contributed by atoms with Crippen molar-refractivity contribution in [2.75, 3.05) is 50.7 Å². The van der Waals surface area contributed by atoms with Crippen LogP contribution in [-0.4, -0.2) is 90.5 Å². The zero-order chi connectivity index (χ0) is 41.5. The van der Waals surface area contributed by atoms with Gasteiger partial charge in [0, 0.05) is 84.2 Å². The summed E-state index contributed by atoms with van der Waals surface area (Å²) in [6.45, 7) is 6.96. The molecule has 2 N–H and O–H groups in total. The molecule has 7 rings (SSSR count). The summed E-state index contributed by atoms with van der Waals surface area (Å²) in [5.74, 6) is 1.68. The lowest BCUT2D eigenvalue weighted by atomic mass is 10.0. The summed E-state index contributed by atoms with van der Waals surface area (Å²) in [6, 6.07) is 19.9. The average molecular weight is 857 g/mol. The molecule has 0 aliphatic carbocycles. The Hall–Kier alpha value is -4.22. The Kier molecular flexibility index (Phi) is 14.1. The first-order valence-corrected chi connectivity index (χ1v) is 24.6. The maximum atomic E-state index is 13.1. The van der Waals surface area contributed by atoms with E-state index in [1.807, 2.05) is 36.4 Å². The Bertz CT molecular complexity index is 2230. The van der Waals surface area contributed by atoms with Gasteiger partial charge < -0.3 is 24.4 Å². The first kappa shape index (κ1) is 42.9. The Morgan fingerprint density at radius 2 is 1.75 bits per heavy atom. The number of carbonyl (C=O) groups is 3. The number of piperidine rings is 2. The van der Waals surface area contributed by atoms with Crippen LogP contribution >= 0.6 is 30.5 Å². The third-order valence-electron chi connectivity index (χ3n) is 11.6. The van der Waals surface area contributed by atoms with Crippen LogP contribution in [0.3, 0.4) is 0 Å². The van der Waals surface area contributed by atoms with Crippen LogP contribution in [0.5, 0.6) is 5.75 Å². The second-order valence-electron chi connectivity index (χ2n) is 16.1. The van der Waals surface area contributed by atoms with Gasteiger partial charge in [0.15, 0.2) is 0 Å². The quantitative estimate of drug-likeness (QED) is 0.0485. The third-order valence-corrected chi connectivity index (χ3v) is 14.7. The zero-order valence-corrected chi connectivity index (χ0v) is 36.6. The van der Waals surface area contributed by atoms with Gasteiger partial charge in [-0.25, -0.2) is 9.97 Å². The zero-order valence-electron chi connectivity index (χ0n) is 34.2. The average Bonchev–Trinajstić information content (AvgIpc) is 3.56. The van der Waals surface area contributed by atoms with Gasteiger partial charge in [0.2, 0.25) is 11.8 Å². The van der Waals surface area contributed by atoms with Crippen LogP contribution in [0.15, 0.2) is 71.8 Å². The highest BCUT2D eigenvalue weighted by atomic mass is 35.5. The lowest BCUT2D eigenvalue weighted by Crippen LogP contribution is -2.52. The molecule has 4 heterocycles. The van der Waals surface area contributed by atoms with Crippen molar-refractivity contribution in [3.05, 3.63) is 106 Å². The fourth-order valence-corrected chi connectivity index (χ4v) is 10.9. The molecular formula is C45H54ClN6O5PS. The van der Waals surface area contributed by atoms with Crippen LogP contribution < -0.4 is 25.6 Å². The standard InChI is InChI=1S/C45H54ClN6O5PS/c1-57-39-27-33(16-15-30(39)26-42-48-28-36(46)37(49-42)25-31-11-6-7-13-40(31)58(2,3)56)51-22-19-32(20-23-51)47-21-8-4-5-9-24-59-41-14-10-12-34-35(41)29-52(45(34)55)38-17-18-43(53)50-44(38)54/h6-7,10-16,27-28,32,38,47H,4-5,8-9,17-26,29H2,1-3H3,(H,50,53,54). The van der Waals surface area contributed by atoms with E-state index in [4.69, 9.17) is 21.3 Å². The monoisotopic (exact) mass is 856 g/mol. The highest BCUT2D eigenvalue weighted by Gasteiger charge is 2.39. The first-order valence-electron chi connectivity index (χ1n) is 20.7. The maximum Gasteiger partial charge on any atom is 0.255 e. The third kappa shape index (κ3) is 10.6. The van der Waals surface area contributed by atoms with Crippen molar-refractivity contribution < 1.29 is 23.7 Å². The number of nitrogens with one attached hydrogen (secondary N) is 2. The molecule has 0 saturated carbocycles. The van der Waals surface area contributed by atoms with Crippen LogP contribution in [0, 0.1) is 0 Å². The first-order chi connectivity index (χ1) is 28.5. The van der Waals surface area contributed by atoms with Crippen molar-refractivity contribution in [1.29, 1.82) is 0 Å². The summed E-state index contributed by atoms with van der Waals surface area (Å²) in [6.07, 6.45) is 10.0. The minimum atomic E-state index is -2.46. The molecule has 0 bridgehead atoms. The summed E-state index contributed by atoms with van der Waals surface area (Å²) in [5, 5.41) is 7.52. The number of hydrogen-bond acceptors (Lipinski definition) is 10. The summed E-state index contributed by atoms with van der Waals surface area (Å²) >= 11 is 8.35. The summed E-state index contributed by atoms with van der Waals surface area (Å²) in [7, 11) is -0.761. The van der Waals surface area contributed by atoms with E-state index in [1.54, 1.807) is 43.3 Å². The molecule has 2 fully saturated rings. The molecule has 59 heavy (non-hydrogen) atoms. The van der Waals surface area contributed by atoms with Crippen LogP contribution in [0.1, 0.15) is 89.9 Å². The summed E-state index contributed by atoms with van der Waals surface area (Å²) in [4.78, 5) is 51.7. The Morgan fingerprint density at radius 1 is 0.949 bits per heavy atom. The lowest BCUT2D eigenvalue weighted by molar-refractivity contribution is -0.136. The van der Waals surface area contributed by atoms with Crippen LogP contribution in [0.4, 0.5) is 5.69 Å². The molecule has 0 radical (unpaired) electrons. The van der Waals surface area contributed by atoms with Gasteiger partial charge in [-0.15, -0.1) is 11.8 Å². The number of benzene rings is 3. The minimum Gasteiger partial charge on any atom is -0.496 e. The molecule has 0 spiro atoms. The molecule has 1 unspecified atom stereocenters. The number of anilines is 1. The largest absolute Gasteiger partial charge is 0.496 e. The molecule has 2 saturated heterocycles. The van der Waals surface area contributed by atoms with Crippen molar-refractivity contribution in [2.24, 2.45) is 0 Å². The molecule has 3 aliphatic rings. The molecule has 11 nitrogen and oxygen atoms in total. The highest BCUT2D eigenvalue weighted by molar-refractivity contribution is 7.99. The maximum absolute atomic E-state index is 13.1. The number of imide groups is 1. The number of hydrogen-bond donors (Lipinski definition) is 2. The molecule has 1 aromatic heterocycles. The van der Waals surface area contributed by atoms with Crippen molar-refractivity contribution in [3.8, 4) is 5.75 Å². The van der Waals surface area contributed by atoms with E-state index in [-0.39, 0.29) is 24.1 Å². The van der Waals surface area contributed by atoms with Crippen LogP contribution in [0.2, 0.25) is 5.02 Å². The molecule has 3 aliphatic heterocycles. The number of nitrogens with zero attached hydrogens (tertiary/aromatic N) is 4. The number of halogens is 1. The Balaban J connectivity index is 0.815. The number of ether oxygens (including phenoxy) is 1. The van der Waals surface area contributed by atoms with Crippen molar-refractivity contribution >= 4 is 59.2 Å². The van der Waals surface area contributed by atoms with E-state index >= 15 is 0 Å². The molecule has 4 aromatic rings. The number of aromatic nitrogens is 2. The topological polar surface area (TPSA) is 134 Å². The van der Waals surface area contributed by atoms with E-state index in [2.05, 4.69) is 44.8 Å². The summed E-state index contributed by atoms with van der Waals surface area (Å²) in [5.41, 5.74) is 5.51. The van der Waals surface area contributed by atoms with E-state index in [0.29, 0.717) is 48.3 Å². The number of amides is 3. The number of thioether (sulfide) groups is 1. The number of unbranched alkanes of at least 4 members (excludes halogenated alkanes) is 3. The Morgan fingerprint density at radius 3 is 2.53 bits per heavy atom. The fraction of sp³-hybridized carbons (Fsp3) is 0.444. The predicted octanol–water partition coefficient (Wildman–Crippen LogP) is 7.24. The van der Waals surface area contributed by atoms with Gasteiger partial charge in [0.05, 0.1) is 17.8 Å². The minimum absolute atomic E-state index is 0.122. The number of carbonyl (C=O) groups excluding carboxylic acids is 3. The number of rotatable bonds is 17. The smallest absolute Gasteiger partial charge is 0.255 e. The van der Waals surface area contributed by atoms with E-state index in [9.17, 15) is 18.9 Å². The van der Waals surface area contributed by atoms with Crippen molar-refractivity contribution in [3.63, 3.8) is 0 Å². The summed E-state index contributed by atoms with van der Waals surface area (Å²) < 4.78 is 18.8. The molecule has 1 atom stereocenters. The van der Waals surface area contributed by atoms with Gasteiger partial charge in [-0.3, -0.25) is 19.7 Å². The fourth-order valence-electron chi connectivity index (χ4n) is 8.37. The number of methoxy groups -OCH3 is 1. The van der Waals surface area contributed by atoms with Crippen LogP contribution in [-0.2, 0) is 33.5 Å². The molecule has 3 amide bonds. The molecular weight excluding hydrogens is 803 g/mol. The Labute approximate surface area is 356 Å². The second kappa shape index (κ2) is 19.4. The van der Waals surface area contributed by atoms with Gasteiger partial charge in [0.25, 0.3) is 5.91 Å². The molecule has 3 aromatic carbocycles. The van der Waals surface area contributed by atoms with Gasteiger partial charge in [0.1, 0.15) is 24.8 Å².